The van der Waals surface area contributed by atoms with E-state index in [2.05, 4.69) is 10.4 Å². The molecule has 0 amide bonds. The zero-order valence-electron chi connectivity index (χ0n) is 16.0. The number of hydrogen-bond donors (Lipinski definition) is 1. The lowest BCUT2D eigenvalue weighted by molar-refractivity contribution is -0.138. The number of fused-ring (bicyclic) bond motifs is 1. The molecule has 2 heterocycles. The van der Waals surface area contributed by atoms with Crippen LogP contribution in [0.4, 0.5) is 10.6 Å². The van der Waals surface area contributed by atoms with E-state index in [0.717, 1.165) is 16.7 Å². The van der Waals surface area contributed by atoms with Crippen molar-refractivity contribution in [3.05, 3.63) is 57.9 Å². The van der Waals surface area contributed by atoms with Crippen LogP contribution in [-0.2, 0) is 14.3 Å². The number of aromatic nitrogens is 2. The van der Waals surface area contributed by atoms with Crippen LogP contribution < -0.4 is 5.32 Å². The predicted molar refractivity (Wildman–Crippen MR) is 106 cm³/mol. The van der Waals surface area contributed by atoms with Crippen LogP contribution in [0, 0.1) is 0 Å². The number of hydrogen-bond acceptors (Lipinski definition) is 6. The first-order valence-corrected chi connectivity index (χ1v) is 9.49. The number of ether oxygens (including phenoxy) is 2. The minimum absolute atomic E-state index is 0.255. The molecule has 1 aliphatic heterocycles. The molecule has 28 heavy (non-hydrogen) atoms. The molecule has 0 saturated heterocycles. The third kappa shape index (κ3) is 3.62. The highest BCUT2D eigenvalue weighted by atomic mass is 35.5. The average molecular weight is 404 g/mol. The number of esters is 1. The van der Waals surface area contributed by atoms with Crippen LogP contribution in [-0.4, -0.2) is 35.6 Å². The molecule has 8 heteroatoms. The Bertz CT molecular complexity index is 935. The Balaban J connectivity index is 2.23. The first-order valence-electron chi connectivity index (χ1n) is 9.11. The number of anilines is 1. The monoisotopic (exact) mass is 403 g/mol. The summed E-state index contributed by atoms with van der Waals surface area (Å²) in [5.41, 5.74) is 2.59. The third-order valence-corrected chi connectivity index (χ3v) is 4.85. The summed E-state index contributed by atoms with van der Waals surface area (Å²) in [6, 6.07) is 7.31. The van der Waals surface area contributed by atoms with E-state index in [9.17, 15) is 9.59 Å². The van der Waals surface area contributed by atoms with E-state index in [1.54, 1.807) is 19.2 Å². The summed E-state index contributed by atoms with van der Waals surface area (Å²) in [5.74, 6) is -0.435. The molecule has 0 bridgehead atoms. The number of rotatable bonds is 5. The van der Waals surface area contributed by atoms with Crippen molar-refractivity contribution in [3.8, 4) is 0 Å². The van der Waals surface area contributed by atoms with Gasteiger partial charge in [-0.2, -0.15) is 4.68 Å². The SMILES string of the molecule is CCCC1=C(C(=O)OCC)C(c2ccccc2Cl)c2cn(C(=O)OC)nc2N1. The van der Waals surface area contributed by atoms with E-state index >= 15 is 0 Å². The van der Waals surface area contributed by atoms with Gasteiger partial charge in [0.05, 0.1) is 19.3 Å². The largest absolute Gasteiger partial charge is 0.463 e. The third-order valence-electron chi connectivity index (χ3n) is 4.51. The smallest absolute Gasteiger partial charge is 0.434 e. The number of allylic oxidation sites excluding steroid dienone is 1. The van der Waals surface area contributed by atoms with Gasteiger partial charge in [0.25, 0.3) is 0 Å². The normalized spacial score (nSPS) is 15.6. The Labute approximate surface area is 168 Å². The summed E-state index contributed by atoms with van der Waals surface area (Å²) in [4.78, 5) is 24.9. The average Bonchev–Trinajstić information content (AvgIpc) is 3.11. The fourth-order valence-electron chi connectivity index (χ4n) is 3.35. The van der Waals surface area contributed by atoms with Gasteiger partial charge >= 0.3 is 12.1 Å². The molecule has 0 spiro atoms. The Morgan fingerprint density at radius 3 is 2.64 bits per heavy atom. The maximum Gasteiger partial charge on any atom is 0.434 e. The molecule has 1 atom stereocenters. The van der Waals surface area contributed by atoms with Crippen LogP contribution in [0.1, 0.15) is 43.7 Å². The molecule has 1 aliphatic rings. The number of methoxy groups -OCH3 is 1. The number of nitrogens with zero attached hydrogens (tertiary/aromatic N) is 2. The van der Waals surface area contributed by atoms with E-state index in [1.165, 1.54) is 7.11 Å². The molecular formula is C20H22ClN3O4. The van der Waals surface area contributed by atoms with Gasteiger partial charge < -0.3 is 14.8 Å². The predicted octanol–water partition coefficient (Wildman–Crippen LogP) is 4.33. The first-order chi connectivity index (χ1) is 13.5. The Hall–Kier alpha value is -2.80. The second-order valence-electron chi connectivity index (χ2n) is 6.29. The van der Waals surface area contributed by atoms with Gasteiger partial charge in [0.15, 0.2) is 5.82 Å². The van der Waals surface area contributed by atoms with E-state index in [-0.39, 0.29) is 6.61 Å². The van der Waals surface area contributed by atoms with E-state index in [0.29, 0.717) is 34.1 Å². The molecule has 0 radical (unpaired) electrons. The topological polar surface area (TPSA) is 82.5 Å². The van der Waals surface area contributed by atoms with Gasteiger partial charge in [0, 0.05) is 28.4 Å². The molecule has 0 aliphatic carbocycles. The van der Waals surface area contributed by atoms with E-state index in [1.807, 2.05) is 25.1 Å². The van der Waals surface area contributed by atoms with Gasteiger partial charge in [0.1, 0.15) is 0 Å². The number of halogens is 1. The van der Waals surface area contributed by atoms with Crippen molar-refractivity contribution in [3.63, 3.8) is 0 Å². The first kappa shape index (κ1) is 19.9. The van der Waals surface area contributed by atoms with Crippen molar-refractivity contribution in [1.82, 2.24) is 9.78 Å². The van der Waals surface area contributed by atoms with Crippen molar-refractivity contribution < 1.29 is 19.1 Å². The van der Waals surface area contributed by atoms with Crippen molar-refractivity contribution >= 4 is 29.5 Å². The second kappa shape index (κ2) is 8.48. The lowest BCUT2D eigenvalue weighted by Crippen LogP contribution is -2.25. The standard InChI is InChI=1S/C20H22ClN3O4/c1-4-8-15-17(19(25)28-5-2)16(12-9-6-7-10-14(12)21)13-11-24(20(26)27-3)23-18(13)22-15/h6-7,9-11,16H,4-5,8H2,1-3H3,(H,22,23). The fraction of sp³-hybridized carbons (Fsp3) is 0.350. The molecule has 2 aromatic rings. The minimum atomic E-state index is -0.621. The summed E-state index contributed by atoms with van der Waals surface area (Å²) in [6.07, 6.45) is 2.38. The van der Waals surface area contributed by atoms with Crippen LogP contribution in [0.25, 0.3) is 0 Å². The molecule has 3 rings (SSSR count). The Kier molecular flexibility index (Phi) is 6.04. The quantitative estimate of drug-likeness (QED) is 0.748. The molecule has 0 fully saturated rings. The van der Waals surface area contributed by atoms with Gasteiger partial charge in [-0.1, -0.05) is 43.1 Å². The summed E-state index contributed by atoms with van der Waals surface area (Å²) >= 11 is 6.48. The number of nitrogens with one attached hydrogen (secondary N) is 1. The molecule has 1 aromatic heterocycles. The van der Waals surface area contributed by atoms with Gasteiger partial charge in [-0.25, -0.2) is 9.59 Å². The molecule has 7 nitrogen and oxygen atoms in total. The molecule has 1 aromatic carbocycles. The van der Waals surface area contributed by atoms with E-state index in [4.69, 9.17) is 21.1 Å². The van der Waals surface area contributed by atoms with Crippen LogP contribution >= 0.6 is 11.6 Å². The maximum atomic E-state index is 12.9. The van der Waals surface area contributed by atoms with Crippen LogP contribution in [0.2, 0.25) is 5.02 Å². The molecule has 148 valence electrons. The van der Waals surface area contributed by atoms with Crippen LogP contribution in [0.15, 0.2) is 41.7 Å². The highest BCUT2D eigenvalue weighted by Crippen LogP contribution is 2.44. The number of carbonyl (C=O) groups excluding carboxylic acids is 2. The van der Waals surface area contributed by atoms with Crippen LogP contribution in [0.3, 0.4) is 0 Å². The Morgan fingerprint density at radius 2 is 2.00 bits per heavy atom. The van der Waals surface area contributed by atoms with Gasteiger partial charge in [-0.15, -0.1) is 5.10 Å². The lowest BCUT2D eigenvalue weighted by Gasteiger charge is -2.28. The highest BCUT2D eigenvalue weighted by molar-refractivity contribution is 6.31. The van der Waals surface area contributed by atoms with Crippen molar-refractivity contribution in [1.29, 1.82) is 0 Å². The molecular weight excluding hydrogens is 382 g/mol. The summed E-state index contributed by atoms with van der Waals surface area (Å²) in [6.45, 7) is 4.04. The summed E-state index contributed by atoms with van der Waals surface area (Å²) in [5, 5.41) is 8.02. The lowest BCUT2D eigenvalue weighted by atomic mass is 9.82. The van der Waals surface area contributed by atoms with Crippen molar-refractivity contribution in [2.75, 3.05) is 19.0 Å². The number of benzene rings is 1. The zero-order valence-corrected chi connectivity index (χ0v) is 16.7. The molecule has 0 saturated carbocycles. The van der Waals surface area contributed by atoms with Gasteiger partial charge in [-0.3, -0.25) is 0 Å². The van der Waals surface area contributed by atoms with Crippen molar-refractivity contribution in [2.45, 2.75) is 32.6 Å². The van der Waals surface area contributed by atoms with Gasteiger partial charge in [0.2, 0.25) is 0 Å². The van der Waals surface area contributed by atoms with Crippen LogP contribution in [0.5, 0.6) is 0 Å². The van der Waals surface area contributed by atoms with E-state index < -0.39 is 18.0 Å². The number of carbonyl (C=O) groups is 2. The van der Waals surface area contributed by atoms with Crippen molar-refractivity contribution in [2.24, 2.45) is 0 Å². The summed E-state index contributed by atoms with van der Waals surface area (Å²) < 4.78 is 11.2. The molecule has 1 N–H and O–H groups in total. The minimum Gasteiger partial charge on any atom is -0.463 e. The van der Waals surface area contributed by atoms with Gasteiger partial charge in [-0.05, 0) is 25.0 Å². The highest BCUT2D eigenvalue weighted by Gasteiger charge is 2.37. The fourth-order valence-corrected chi connectivity index (χ4v) is 3.60. The molecule has 1 unspecified atom stereocenters. The second-order valence-corrected chi connectivity index (χ2v) is 6.70. The zero-order chi connectivity index (χ0) is 20.3. The maximum absolute atomic E-state index is 12.9. The Morgan fingerprint density at radius 1 is 1.25 bits per heavy atom. The summed E-state index contributed by atoms with van der Waals surface area (Å²) in [7, 11) is 1.28.